The summed E-state index contributed by atoms with van der Waals surface area (Å²) >= 11 is 0. The lowest BCUT2D eigenvalue weighted by Gasteiger charge is -2.18. The summed E-state index contributed by atoms with van der Waals surface area (Å²) in [4.78, 5) is 12.4. The van der Waals surface area contributed by atoms with Crippen molar-refractivity contribution in [2.75, 3.05) is 7.11 Å². The first kappa shape index (κ1) is 16.8. The van der Waals surface area contributed by atoms with Crippen molar-refractivity contribution in [1.29, 1.82) is 0 Å². The van der Waals surface area contributed by atoms with Crippen LogP contribution < -0.4 is 10.1 Å². The van der Waals surface area contributed by atoms with E-state index in [0.717, 1.165) is 22.6 Å². The average molecular weight is 335 g/mol. The Hall–Kier alpha value is -3.01. The molecule has 0 aliphatic carbocycles. The molecule has 0 fully saturated rings. The fourth-order valence-electron chi connectivity index (χ4n) is 2.81. The highest BCUT2D eigenvalue weighted by atomic mass is 16.5. The van der Waals surface area contributed by atoms with Crippen LogP contribution in [0.2, 0.25) is 0 Å². The highest BCUT2D eigenvalue weighted by molar-refractivity contribution is 5.77. The molecule has 3 rings (SSSR count). The Bertz CT molecular complexity index is 780. The first-order valence-electron chi connectivity index (χ1n) is 8.24. The zero-order valence-corrected chi connectivity index (χ0v) is 14.1. The number of hydrogen-bond acceptors (Lipinski definition) is 3. The number of nitrogens with one attached hydrogen (secondary N) is 1. The summed E-state index contributed by atoms with van der Waals surface area (Å²) in [6, 6.07) is 21.6. The number of furan rings is 1. The van der Waals surface area contributed by atoms with Gasteiger partial charge >= 0.3 is 0 Å². The summed E-state index contributed by atoms with van der Waals surface area (Å²) in [7, 11) is 1.64. The highest BCUT2D eigenvalue weighted by Gasteiger charge is 2.18. The van der Waals surface area contributed by atoms with Crippen molar-refractivity contribution in [3.63, 3.8) is 0 Å². The van der Waals surface area contributed by atoms with E-state index in [2.05, 4.69) is 17.4 Å². The number of amides is 1. The molecule has 2 aromatic carbocycles. The van der Waals surface area contributed by atoms with Crippen molar-refractivity contribution in [2.24, 2.45) is 0 Å². The molecule has 0 radical (unpaired) electrons. The van der Waals surface area contributed by atoms with Crippen molar-refractivity contribution in [1.82, 2.24) is 5.32 Å². The summed E-state index contributed by atoms with van der Waals surface area (Å²) in [5.41, 5.74) is 2.20. The Balaban J connectivity index is 1.75. The van der Waals surface area contributed by atoms with Gasteiger partial charge in [-0.3, -0.25) is 4.79 Å². The van der Waals surface area contributed by atoms with Crippen LogP contribution in [0.25, 0.3) is 0 Å². The average Bonchev–Trinajstić information content (AvgIpc) is 3.19. The van der Waals surface area contributed by atoms with Gasteiger partial charge in [0.1, 0.15) is 11.5 Å². The van der Waals surface area contributed by atoms with E-state index in [9.17, 15) is 4.79 Å². The SMILES string of the molecule is COc1ccc(C(CC(=O)NCc2ccco2)c2ccccc2)cc1. The zero-order chi connectivity index (χ0) is 17.5. The van der Waals surface area contributed by atoms with E-state index in [4.69, 9.17) is 9.15 Å². The van der Waals surface area contributed by atoms with Crippen molar-refractivity contribution in [2.45, 2.75) is 18.9 Å². The Labute approximate surface area is 147 Å². The molecule has 128 valence electrons. The molecular weight excluding hydrogens is 314 g/mol. The summed E-state index contributed by atoms with van der Waals surface area (Å²) in [5, 5.41) is 2.92. The summed E-state index contributed by atoms with van der Waals surface area (Å²) in [5.74, 6) is 1.52. The monoisotopic (exact) mass is 335 g/mol. The van der Waals surface area contributed by atoms with Gasteiger partial charge in [0.25, 0.3) is 0 Å². The molecule has 3 aromatic rings. The molecule has 0 saturated heterocycles. The molecule has 0 saturated carbocycles. The van der Waals surface area contributed by atoms with Crippen LogP contribution in [0.5, 0.6) is 5.75 Å². The van der Waals surface area contributed by atoms with E-state index in [1.165, 1.54) is 0 Å². The Morgan fingerprint density at radius 2 is 1.72 bits per heavy atom. The highest BCUT2D eigenvalue weighted by Crippen LogP contribution is 2.29. The van der Waals surface area contributed by atoms with Crippen LogP contribution in [0.15, 0.2) is 77.4 Å². The lowest BCUT2D eigenvalue weighted by Crippen LogP contribution is -2.24. The molecule has 0 bridgehead atoms. The van der Waals surface area contributed by atoms with Gasteiger partial charge in [0, 0.05) is 12.3 Å². The third-order valence-corrected chi connectivity index (χ3v) is 4.15. The van der Waals surface area contributed by atoms with Crippen LogP contribution in [0.4, 0.5) is 0 Å². The second-order valence-electron chi connectivity index (χ2n) is 5.80. The molecule has 4 nitrogen and oxygen atoms in total. The summed E-state index contributed by atoms with van der Waals surface area (Å²) < 4.78 is 10.5. The van der Waals surface area contributed by atoms with E-state index in [-0.39, 0.29) is 11.8 Å². The zero-order valence-electron chi connectivity index (χ0n) is 14.1. The lowest BCUT2D eigenvalue weighted by atomic mass is 9.88. The predicted octanol–water partition coefficient (Wildman–Crippen LogP) is 4.13. The number of carbonyl (C=O) groups is 1. The first-order chi connectivity index (χ1) is 12.3. The first-order valence-corrected chi connectivity index (χ1v) is 8.24. The molecule has 1 unspecified atom stereocenters. The van der Waals surface area contributed by atoms with Crippen LogP contribution in [0.3, 0.4) is 0 Å². The molecule has 4 heteroatoms. The molecule has 1 aromatic heterocycles. The molecule has 25 heavy (non-hydrogen) atoms. The maximum atomic E-state index is 12.4. The van der Waals surface area contributed by atoms with E-state index in [1.807, 2.05) is 54.6 Å². The lowest BCUT2D eigenvalue weighted by molar-refractivity contribution is -0.121. The predicted molar refractivity (Wildman–Crippen MR) is 96.5 cm³/mol. The minimum Gasteiger partial charge on any atom is -0.497 e. The van der Waals surface area contributed by atoms with Crippen LogP contribution in [0, 0.1) is 0 Å². The molecular formula is C21H21NO3. The second-order valence-corrected chi connectivity index (χ2v) is 5.80. The molecule has 0 aliphatic heterocycles. The fourth-order valence-corrected chi connectivity index (χ4v) is 2.81. The minimum atomic E-state index is -0.0129. The van der Waals surface area contributed by atoms with Crippen molar-refractivity contribution in [3.8, 4) is 5.75 Å². The Morgan fingerprint density at radius 3 is 2.36 bits per heavy atom. The molecule has 1 atom stereocenters. The third kappa shape index (κ3) is 4.51. The third-order valence-electron chi connectivity index (χ3n) is 4.15. The van der Waals surface area contributed by atoms with Gasteiger partial charge in [0.15, 0.2) is 0 Å². The van der Waals surface area contributed by atoms with Gasteiger partial charge in [-0.15, -0.1) is 0 Å². The molecule has 0 aliphatic rings. The van der Waals surface area contributed by atoms with Crippen molar-refractivity contribution >= 4 is 5.91 Å². The van der Waals surface area contributed by atoms with E-state index in [1.54, 1.807) is 13.4 Å². The van der Waals surface area contributed by atoms with E-state index >= 15 is 0 Å². The smallest absolute Gasteiger partial charge is 0.221 e. The number of hydrogen-bond donors (Lipinski definition) is 1. The van der Waals surface area contributed by atoms with Gasteiger partial charge in [-0.25, -0.2) is 0 Å². The number of rotatable bonds is 7. The van der Waals surface area contributed by atoms with Crippen LogP contribution in [0.1, 0.15) is 29.2 Å². The normalized spacial score (nSPS) is 11.7. The van der Waals surface area contributed by atoms with E-state index in [0.29, 0.717) is 13.0 Å². The van der Waals surface area contributed by atoms with E-state index < -0.39 is 0 Å². The molecule has 1 amide bonds. The van der Waals surface area contributed by atoms with Crippen LogP contribution in [-0.4, -0.2) is 13.0 Å². The van der Waals surface area contributed by atoms with Crippen molar-refractivity contribution in [3.05, 3.63) is 89.9 Å². The molecule has 0 spiro atoms. The van der Waals surface area contributed by atoms with Gasteiger partial charge in [0.05, 0.1) is 19.9 Å². The maximum Gasteiger partial charge on any atom is 0.221 e. The number of carbonyl (C=O) groups excluding carboxylic acids is 1. The van der Waals surface area contributed by atoms with Gasteiger partial charge in [0.2, 0.25) is 5.91 Å². The standard InChI is InChI=1S/C21H21NO3/c1-24-18-11-9-17(10-12-18)20(16-6-3-2-4-7-16)14-21(23)22-15-19-8-5-13-25-19/h2-13,20H,14-15H2,1H3,(H,22,23). The van der Waals surface area contributed by atoms with Gasteiger partial charge in [-0.1, -0.05) is 42.5 Å². The quantitative estimate of drug-likeness (QED) is 0.706. The Morgan fingerprint density at radius 1 is 1.00 bits per heavy atom. The Kier molecular flexibility index (Phi) is 5.52. The fraction of sp³-hybridized carbons (Fsp3) is 0.190. The number of ether oxygens (including phenoxy) is 1. The van der Waals surface area contributed by atoms with Crippen LogP contribution >= 0.6 is 0 Å². The van der Waals surface area contributed by atoms with Gasteiger partial charge < -0.3 is 14.5 Å². The number of benzene rings is 2. The van der Waals surface area contributed by atoms with Gasteiger partial charge in [-0.05, 0) is 35.4 Å². The largest absolute Gasteiger partial charge is 0.497 e. The van der Waals surface area contributed by atoms with Gasteiger partial charge in [-0.2, -0.15) is 0 Å². The number of methoxy groups -OCH3 is 1. The topological polar surface area (TPSA) is 51.5 Å². The summed E-state index contributed by atoms with van der Waals surface area (Å²) in [6.45, 7) is 0.399. The maximum absolute atomic E-state index is 12.4. The second kappa shape index (κ2) is 8.20. The molecule has 1 heterocycles. The minimum absolute atomic E-state index is 0.0105. The van der Waals surface area contributed by atoms with Crippen LogP contribution in [-0.2, 0) is 11.3 Å². The molecule has 1 N–H and O–H groups in total. The van der Waals surface area contributed by atoms with Crippen molar-refractivity contribution < 1.29 is 13.9 Å². The summed E-state index contributed by atoms with van der Waals surface area (Å²) in [6.07, 6.45) is 1.97.